The van der Waals surface area contributed by atoms with E-state index in [-0.39, 0.29) is 11.8 Å². The number of nitrogens with zero attached hydrogens (tertiary/aromatic N) is 1. The van der Waals surface area contributed by atoms with Crippen LogP contribution < -0.4 is 10.1 Å². The first kappa shape index (κ1) is 23.0. The fourth-order valence-corrected chi connectivity index (χ4v) is 4.78. The van der Waals surface area contributed by atoms with Crippen molar-refractivity contribution < 1.29 is 19.1 Å². The summed E-state index contributed by atoms with van der Waals surface area (Å²) in [6, 6.07) is 15.1. The fraction of sp³-hybridized carbons (Fsp3) is 0.308. The van der Waals surface area contributed by atoms with E-state index < -0.39 is 6.10 Å². The average Bonchev–Trinajstić information content (AvgIpc) is 3.31. The Bertz CT molecular complexity index is 1160. The quantitative estimate of drug-likeness (QED) is 0.545. The van der Waals surface area contributed by atoms with Crippen LogP contribution in [0, 0.1) is 6.92 Å². The lowest BCUT2D eigenvalue weighted by molar-refractivity contribution is -0.127. The molecule has 33 heavy (non-hydrogen) atoms. The highest BCUT2D eigenvalue weighted by molar-refractivity contribution is 7.10. The van der Waals surface area contributed by atoms with Crippen LogP contribution in [0.25, 0.3) is 0 Å². The molecule has 3 aromatic rings. The van der Waals surface area contributed by atoms with Gasteiger partial charge in [0.15, 0.2) is 0 Å². The number of nitrogens with one attached hydrogen (secondary N) is 1. The zero-order valence-corrected chi connectivity index (χ0v) is 19.9. The summed E-state index contributed by atoms with van der Waals surface area (Å²) in [7, 11) is 1.61. The van der Waals surface area contributed by atoms with Gasteiger partial charge in [-0.3, -0.25) is 9.59 Å². The molecule has 0 fully saturated rings. The first-order valence-corrected chi connectivity index (χ1v) is 11.8. The van der Waals surface area contributed by atoms with E-state index in [0.29, 0.717) is 30.9 Å². The number of carbonyl (C=O) groups excluding carboxylic acids is 2. The van der Waals surface area contributed by atoms with Crippen molar-refractivity contribution in [2.45, 2.75) is 39.5 Å². The van der Waals surface area contributed by atoms with Crippen molar-refractivity contribution in [2.75, 3.05) is 19.0 Å². The van der Waals surface area contributed by atoms with Crippen LogP contribution in [0.15, 0.2) is 53.9 Å². The molecule has 0 aliphatic carbocycles. The average molecular weight is 465 g/mol. The van der Waals surface area contributed by atoms with Gasteiger partial charge in [0.1, 0.15) is 11.9 Å². The molecule has 2 amide bonds. The van der Waals surface area contributed by atoms with Crippen molar-refractivity contribution in [1.29, 1.82) is 0 Å². The summed E-state index contributed by atoms with van der Waals surface area (Å²) in [5, 5.41) is 5.00. The highest BCUT2D eigenvalue weighted by Crippen LogP contribution is 2.27. The number of hydrogen-bond donors (Lipinski definition) is 1. The Morgan fingerprint density at radius 2 is 2.00 bits per heavy atom. The number of rotatable bonds is 7. The maximum Gasteiger partial charge on any atom is 0.254 e. The van der Waals surface area contributed by atoms with Crippen LogP contribution in [0.3, 0.4) is 0 Å². The Hall–Kier alpha value is -3.16. The Balaban J connectivity index is 1.39. The van der Waals surface area contributed by atoms with Gasteiger partial charge >= 0.3 is 0 Å². The molecule has 1 aliphatic heterocycles. The number of fused-ring (bicyclic) bond motifs is 1. The predicted octanol–water partition coefficient (Wildman–Crippen LogP) is 4.81. The molecule has 172 valence electrons. The molecule has 0 radical (unpaired) electrons. The summed E-state index contributed by atoms with van der Waals surface area (Å²) in [6.45, 7) is 5.21. The van der Waals surface area contributed by atoms with Crippen molar-refractivity contribution in [2.24, 2.45) is 0 Å². The molecule has 0 bridgehead atoms. The Morgan fingerprint density at radius 3 is 2.82 bits per heavy atom. The van der Waals surface area contributed by atoms with E-state index in [1.807, 2.05) is 48.2 Å². The summed E-state index contributed by atoms with van der Waals surface area (Å²) in [4.78, 5) is 29.2. The minimum atomic E-state index is -0.658. The van der Waals surface area contributed by atoms with E-state index >= 15 is 0 Å². The summed E-state index contributed by atoms with van der Waals surface area (Å²) in [6.07, 6.45) is 0.227. The molecule has 4 rings (SSSR count). The van der Waals surface area contributed by atoms with Crippen LogP contribution in [-0.4, -0.2) is 36.5 Å². The molecule has 1 aromatic heterocycles. The highest BCUT2D eigenvalue weighted by Gasteiger charge is 2.24. The van der Waals surface area contributed by atoms with E-state index in [4.69, 9.17) is 9.47 Å². The summed E-state index contributed by atoms with van der Waals surface area (Å²) >= 11 is 1.75. The minimum absolute atomic E-state index is 0.0113. The first-order valence-electron chi connectivity index (χ1n) is 11.0. The van der Waals surface area contributed by atoms with E-state index in [1.165, 1.54) is 10.4 Å². The lowest BCUT2D eigenvalue weighted by atomic mass is 10.0. The van der Waals surface area contributed by atoms with Gasteiger partial charge in [0, 0.05) is 29.2 Å². The zero-order chi connectivity index (χ0) is 23.4. The van der Waals surface area contributed by atoms with Gasteiger partial charge < -0.3 is 19.7 Å². The molecule has 6 nitrogen and oxygen atoms in total. The minimum Gasteiger partial charge on any atom is -0.497 e. The molecule has 0 saturated heterocycles. The number of methoxy groups -OCH3 is 1. The van der Waals surface area contributed by atoms with Gasteiger partial charge in [-0.25, -0.2) is 0 Å². The Labute approximate surface area is 198 Å². The van der Waals surface area contributed by atoms with Crippen LogP contribution >= 0.6 is 11.3 Å². The van der Waals surface area contributed by atoms with E-state index in [0.717, 1.165) is 23.3 Å². The molecule has 1 atom stereocenters. The molecular formula is C26H28N2O4S. The van der Waals surface area contributed by atoms with Crippen LogP contribution in [-0.2, 0) is 29.1 Å². The third-order valence-electron chi connectivity index (χ3n) is 5.92. The second kappa shape index (κ2) is 10.2. The normalized spacial score (nSPS) is 13.8. The van der Waals surface area contributed by atoms with Gasteiger partial charge in [-0.15, -0.1) is 11.3 Å². The lowest BCUT2D eigenvalue weighted by Gasteiger charge is -2.28. The predicted molar refractivity (Wildman–Crippen MR) is 130 cm³/mol. The number of thiophene rings is 1. The molecule has 2 heterocycles. The van der Waals surface area contributed by atoms with Gasteiger partial charge in [0.05, 0.1) is 13.7 Å². The summed E-state index contributed by atoms with van der Waals surface area (Å²) in [5.41, 5.74) is 4.14. The largest absolute Gasteiger partial charge is 0.497 e. The standard InChI is InChI=1S/C26H28N2O4S/c1-17-22(26(30)28-12-10-24-20(15-28)11-13-33-24)8-5-9-23(17)27-25(29)18(2)32-16-19-6-4-7-21(14-19)31-3/h4-9,11,13-14,18H,10,12,15-16H2,1-3H3,(H,27,29). The number of hydrogen-bond acceptors (Lipinski definition) is 5. The van der Waals surface area contributed by atoms with Crippen LogP contribution in [0.5, 0.6) is 5.75 Å². The molecule has 2 aromatic carbocycles. The Morgan fingerprint density at radius 1 is 1.18 bits per heavy atom. The number of amides is 2. The first-order chi connectivity index (χ1) is 16.0. The maximum atomic E-state index is 13.2. The third-order valence-corrected chi connectivity index (χ3v) is 6.94. The molecule has 1 aliphatic rings. The number of ether oxygens (including phenoxy) is 2. The second-order valence-corrected chi connectivity index (χ2v) is 9.12. The van der Waals surface area contributed by atoms with Crippen molar-refractivity contribution in [3.05, 3.63) is 81.0 Å². The van der Waals surface area contributed by atoms with Crippen molar-refractivity contribution in [3.8, 4) is 5.75 Å². The van der Waals surface area contributed by atoms with E-state index in [2.05, 4.69) is 16.8 Å². The molecule has 1 unspecified atom stereocenters. The molecule has 1 N–H and O–H groups in total. The number of anilines is 1. The molecule has 7 heteroatoms. The summed E-state index contributed by atoms with van der Waals surface area (Å²) in [5.74, 6) is 0.475. The molecule has 0 spiro atoms. The van der Waals surface area contributed by atoms with Gasteiger partial charge in [-0.2, -0.15) is 0 Å². The highest BCUT2D eigenvalue weighted by atomic mass is 32.1. The van der Waals surface area contributed by atoms with E-state index in [1.54, 1.807) is 31.4 Å². The summed E-state index contributed by atoms with van der Waals surface area (Å²) < 4.78 is 11.0. The lowest BCUT2D eigenvalue weighted by Crippen LogP contribution is -2.36. The smallest absolute Gasteiger partial charge is 0.254 e. The third kappa shape index (κ3) is 5.26. The maximum absolute atomic E-state index is 13.2. The SMILES string of the molecule is COc1cccc(COC(C)C(=O)Nc2cccc(C(=O)N3CCc4sccc4C3)c2C)c1. The van der Waals surface area contributed by atoms with Gasteiger partial charge in [0.25, 0.3) is 11.8 Å². The van der Waals surface area contributed by atoms with Crippen LogP contribution in [0.2, 0.25) is 0 Å². The topological polar surface area (TPSA) is 67.9 Å². The van der Waals surface area contributed by atoms with Crippen molar-refractivity contribution in [3.63, 3.8) is 0 Å². The second-order valence-electron chi connectivity index (χ2n) is 8.12. The van der Waals surface area contributed by atoms with Gasteiger partial charge in [-0.1, -0.05) is 18.2 Å². The molecular weight excluding hydrogens is 436 g/mol. The Kier molecular flexibility index (Phi) is 7.11. The van der Waals surface area contributed by atoms with Gasteiger partial charge in [-0.05, 0) is 72.7 Å². The van der Waals surface area contributed by atoms with Crippen molar-refractivity contribution in [1.82, 2.24) is 4.90 Å². The van der Waals surface area contributed by atoms with Crippen LogP contribution in [0.1, 0.15) is 38.8 Å². The zero-order valence-electron chi connectivity index (χ0n) is 19.1. The van der Waals surface area contributed by atoms with E-state index in [9.17, 15) is 9.59 Å². The monoisotopic (exact) mass is 464 g/mol. The number of benzene rings is 2. The van der Waals surface area contributed by atoms with Gasteiger partial charge in [0.2, 0.25) is 0 Å². The molecule has 0 saturated carbocycles. The number of carbonyl (C=O) groups is 2. The van der Waals surface area contributed by atoms with Crippen molar-refractivity contribution >= 4 is 28.8 Å². The van der Waals surface area contributed by atoms with Crippen LogP contribution in [0.4, 0.5) is 5.69 Å². The fourth-order valence-electron chi connectivity index (χ4n) is 3.89.